The Hall–Kier alpha value is -6.17. The topological polar surface area (TPSA) is 220 Å². The standard InChI is InChI=1S/C53H72N4O14/c1-7-9-18-37-33(3)69-53(63)40(20-14-22-41(37)66-31-35-24-25-35)56-51(61)47-48(59)43(64-5)27-29-57(47)30-45(58)67-32-68-49-44(65-6)26-28-54-46(49)50(60)55-39-21-15-23-42(71-36-16-12-11-13-17-36)38(19-10-8-2)34(4)70-52(39)62/h11-13,16-17,26-29,33-35,37-42H,7-10,14-15,18-25,30-32H2,1-6H3,(H2-,55,56,59,60,61)/p+1. The molecule has 2 aliphatic heterocycles. The molecule has 0 bridgehead atoms. The monoisotopic (exact) mass is 990 g/mol. The van der Waals surface area contributed by atoms with Crippen LogP contribution in [0.25, 0.3) is 0 Å². The zero-order chi connectivity index (χ0) is 50.9. The molecule has 18 nitrogen and oxygen atoms in total. The number of nitrogens with one attached hydrogen (secondary N) is 2. The lowest BCUT2D eigenvalue weighted by Crippen LogP contribution is -2.50. The Morgan fingerprint density at radius 1 is 0.775 bits per heavy atom. The first-order valence-electron chi connectivity index (χ1n) is 25.3. The summed E-state index contributed by atoms with van der Waals surface area (Å²) >= 11 is 0. The molecule has 2 saturated heterocycles. The van der Waals surface area contributed by atoms with Crippen LogP contribution in [0.15, 0.2) is 54.9 Å². The first-order chi connectivity index (χ1) is 34.3. The minimum Gasteiger partial charge on any atom is -0.500 e. The number of unbranched alkanes of at least 4 members (excludes halogenated alkanes) is 2. The fraction of sp³-hybridized carbons (Fsp3) is 0.604. The van der Waals surface area contributed by atoms with Gasteiger partial charge in [0.15, 0.2) is 29.1 Å². The van der Waals surface area contributed by atoms with Gasteiger partial charge in [-0.25, -0.2) is 19.4 Å². The number of pyridine rings is 2. The van der Waals surface area contributed by atoms with E-state index < -0.39 is 73.1 Å². The highest BCUT2D eigenvalue weighted by atomic mass is 16.7. The van der Waals surface area contributed by atoms with Gasteiger partial charge in [-0.3, -0.25) is 9.59 Å². The van der Waals surface area contributed by atoms with Crippen molar-refractivity contribution in [3.63, 3.8) is 0 Å². The minimum absolute atomic E-state index is 0.000821. The smallest absolute Gasteiger partial charge is 0.375 e. The summed E-state index contributed by atoms with van der Waals surface area (Å²) in [5.74, 6) is -3.16. The summed E-state index contributed by atoms with van der Waals surface area (Å²) in [5.41, 5.74) is -0.605. The first-order valence-corrected chi connectivity index (χ1v) is 25.3. The van der Waals surface area contributed by atoms with E-state index in [9.17, 15) is 29.1 Å². The summed E-state index contributed by atoms with van der Waals surface area (Å²) in [6.07, 6.45) is 12.2. The second-order valence-corrected chi connectivity index (χ2v) is 18.8. The van der Waals surface area contributed by atoms with Crippen LogP contribution in [-0.2, 0) is 39.9 Å². The van der Waals surface area contributed by atoms with Crippen molar-refractivity contribution in [2.24, 2.45) is 17.8 Å². The van der Waals surface area contributed by atoms with E-state index >= 15 is 0 Å². The number of carbonyl (C=O) groups excluding carboxylic acids is 5. The van der Waals surface area contributed by atoms with Crippen molar-refractivity contribution in [1.82, 2.24) is 15.6 Å². The molecule has 3 aromatic rings. The summed E-state index contributed by atoms with van der Waals surface area (Å²) < 4.78 is 48.1. The Kier molecular flexibility index (Phi) is 20.5. The number of methoxy groups -OCH3 is 2. The van der Waals surface area contributed by atoms with Crippen molar-refractivity contribution in [3.8, 4) is 28.7 Å². The molecule has 1 saturated carbocycles. The van der Waals surface area contributed by atoms with E-state index in [0.717, 1.165) is 61.7 Å². The van der Waals surface area contributed by atoms with Gasteiger partial charge in [-0.2, -0.15) is 4.57 Å². The number of nitrogens with zero attached hydrogens (tertiary/aromatic N) is 2. The third-order valence-electron chi connectivity index (χ3n) is 13.6. The van der Waals surface area contributed by atoms with Gasteiger partial charge in [0.2, 0.25) is 19.1 Å². The Bertz CT molecular complexity index is 2240. The van der Waals surface area contributed by atoms with Crippen LogP contribution in [0, 0.1) is 17.8 Å². The van der Waals surface area contributed by atoms with Gasteiger partial charge in [-0.05, 0) is 96.1 Å². The molecule has 8 unspecified atom stereocenters. The summed E-state index contributed by atoms with van der Waals surface area (Å²) in [7, 11) is 2.67. The van der Waals surface area contributed by atoms with Crippen LogP contribution in [0.2, 0.25) is 0 Å². The van der Waals surface area contributed by atoms with E-state index in [2.05, 4.69) is 29.5 Å². The molecule has 8 atom stereocenters. The highest BCUT2D eigenvalue weighted by Gasteiger charge is 2.39. The number of para-hydroxylation sites is 1. The van der Waals surface area contributed by atoms with Crippen LogP contribution in [0.3, 0.4) is 0 Å². The highest BCUT2D eigenvalue weighted by Crippen LogP contribution is 2.35. The molecule has 2 aromatic heterocycles. The molecule has 6 rings (SSSR count). The Morgan fingerprint density at radius 3 is 1.99 bits per heavy atom. The Morgan fingerprint density at radius 2 is 1.38 bits per heavy atom. The van der Waals surface area contributed by atoms with E-state index in [1.54, 1.807) is 0 Å². The average Bonchev–Trinajstić information content (AvgIpc) is 4.18. The number of ether oxygens (including phenoxy) is 8. The molecule has 71 heavy (non-hydrogen) atoms. The molecule has 0 radical (unpaired) electrons. The van der Waals surface area contributed by atoms with Gasteiger partial charge in [-0.15, -0.1) is 0 Å². The number of rotatable bonds is 22. The summed E-state index contributed by atoms with van der Waals surface area (Å²) in [5, 5.41) is 16.8. The van der Waals surface area contributed by atoms with E-state index in [1.807, 2.05) is 44.2 Å². The maximum atomic E-state index is 14.1. The summed E-state index contributed by atoms with van der Waals surface area (Å²) in [6, 6.07) is 10.3. The fourth-order valence-electron chi connectivity index (χ4n) is 9.36. The normalized spacial score (nSPS) is 23.9. The first kappa shape index (κ1) is 54.2. The zero-order valence-electron chi connectivity index (χ0n) is 42.1. The zero-order valence-corrected chi connectivity index (χ0v) is 42.1. The van der Waals surface area contributed by atoms with Crippen molar-refractivity contribution in [1.29, 1.82) is 0 Å². The van der Waals surface area contributed by atoms with Crippen molar-refractivity contribution in [2.45, 2.75) is 161 Å². The lowest BCUT2D eigenvalue weighted by molar-refractivity contribution is -0.688. The molecule has 3 N–H and O–H groups in total. The average molecular weight is 990 g/mol. The predicted octanol–water partition coefficient (Wildman–Crippen LogP) is 6.96. The lowest BCUT2D eigenvalue weighted by atomic mass is 9.88. The van der Waals surface area contributed by atoms with E-state index in [4.69, 9.17) is 37.9 Å². The molecular weight excluding hydrogens is 917 g/mol. The van der Waals surface area contributed by atoms with Crippen molar-refractivity contribution < 1.29 is 71.5 Å². The molecule has 4 heterocycles. The largest absolute Gasteiger partial charge is 0.500 e. The molecule has 388 valence electrons. The molecule has 2 amide bonds. The number of hydrogen-bond donors (Lipinski definition) is 3. The number of hydrogen-bond acceptors (Lipinski definition) is 15. The number of aromatic nitrogens is 2. The van der Waals surface area contributed by atoms with E-state index in [1.165, 1.54) is 38.7 Å². The van der Waals surface area contributed by atoms with Gasteiger partial charge >= 0.3 is 29.5 Å². The fourth-order valence-corrected chi connectivity index (χ4v) is 9.36. The van der Waals surface area contributed by atoms with Gasteiger partial charge in [0, 0.05) is 36.8 Å². The van der Waals surface area contributed by atoms with Crippen LogP contribution in [0.1, 0.15) is 139 Å². The lowest BCUT2D eigenvalue weighted by Gasteiger charge is -2.31. The van der Waals surface area contributed by atoms with Gasteiger partial charge < -0.3 is 53.6 Å². The van der Waals surface area contributed by atoms with Crippen LogP contribution >= 0.6 is 0 Å². The van der Waals surface area contributed by atoms with Crippen LogP contribution in [0.4, 0.5) is 0 Å². The highest BCUT2D eigenvalue weighted by molar-refractivity contribution is 5.98. The van der Waals surface area contributed by atoms with Crippen LogP contribution in [0.5, 0.6) is 28.7 Å². The van der Waals surface area contributed by atoms with E-state index in [-0.39, 0.29) is 65.5 Å². The van der Waals surface area contributed by atoms with Crippen LogP contribution < -0.4 is 34.1 Å². The SMILES string of the molecule is CCCCC1C(C)OC(=O)C(NC(=O)c2c(O)c(OC)cc[n+]2CC(=O)OCOc2c(OC)ccnc2C(=O)NC2CCCC(Oc3ccccc3)C(CCCC)C(C)OC2=O)CCCC1OCC1CC1. The Labute approximate surface area is 416 Å². The minimum atomic E-state index is -1.06. The number of amides is 2. The summed E-state index contributed by atoms with van der Waals surface area (Å²) in [6.45, 7) is 7.31. The second kappa shape index (κ2) is 26.9. The van der Waals surface area contributed by atoms with Gasteiger partial charge in [0.25, 0.3) is 5.91 Å². The van der Waals surface area contributed by atoms with Crippen molar-refractivity contribution >= 4 is 29.7 Å². The number of cyclic esters (lactones) is 2. The molecule has 3 aliphatic rings. The van der Waals surface area contributed by atoms with Crippen molar-refractivity contribution in [2.75, 3.05) is 27.6 Å². The third-order valence-corrected chi connectivity index (χ3v) is 13.6. The maximum absolute atomic E-state index is 14.1. The third kappa shape index (κ3) is 15.2. The number of esters is 3. The van der Waals surface area contributed by atoms with E-state index in [0.29, 0.717) is 38.2 Å². The summed E-state index contributed by atoms with van der Waals surface area (Å²) in [4.78, 5) is 73.0. The molecule has 18 heteroatoms. The van der Waals surface area contributed by atoms with Crippen molar-refractivity contribution in [3.05, 3.63) is 66.2 Å². The molecular formula is C53H73N4O14+. The molecule has 0 spiro atoms. The van der Waals surface area contributed by atoms with Crippen LogP contribution in [-0.4, -0.2) is 104 Å². The number of benzene rings is 1. The van der Waals surface area contributed by atoms with Gasteiger partial charge in [0.1, 0.15) is 36.1 Å². The second-order valence-electron chi connectivity index (χ2n) is 18.8. The van der Waals surface area contributed by atoms with Gasteiger partial charge in [-0.1, -0.05) is 57.7 Å². The molecule has 1 aromatic carbocycles. The quantitative estimate of drug-likeness (QED) is 0.0401. The molecule has 3 fully saturated rings. The maximum Gasteiger partial charge on any atom is 0.375 e. The predicted molar refractivity (Wildman–Crippen MR) is 258 cm³/mol. The molecule has 1 aliphatic carbocycles. The van der Waals surface area contributed by atoms with Gasteiger partial charge in [0.05, 0.1) is 20.3 Å². The Balaban J connectivity index is 1.10. The number of aromatic hydroxyl groups is 1. The number of carbonyl (C=O) groups is 5.